The van der Waals surface area contributed by atoms with Crippen LogP contribution in [-0.4, -0.2) is 35.9 Å². The van der Waals surface area contributed by atoms with Gasteiger partial charge in [0.05, 0.1) is 28.4 Å². The number of imide groups is 1. The Morgan fingerprint density at radius 2 is 1.90 bits per heavy atom. The van der Waals surface area contributed by atoms with E-state index in [0.29, 0.717) is 39.3 Å². The number of para-hydroxylation sites is 1. The normalized spacial score (nSPS) is 13.7. The molecule has 0 bridgehead atoms. The van der Waals surface area contributed by atoms with Crippen LogP contribution in [0.1, 0.15) is 23.6 Å². The predicted octanol–water partition coefficient (Wildman–Crippen LogP) is 4.97. The molecule has 9 nitrogen and oxygen atoms in total. The summed E-state index contributed by atoms with van der Waals surface area (Å²) in [5, 5.41) is 14.1. The predicted molar refractivity (Wildman–Crippen MR) is 144 cm³/mol. The van der Waals surface area contributed by atoms with Crippen LogP contribution in [0.2, 0.25) is 0 Å². The van der Waals surface area contributed by atoms with Crippen LogP contribution in [0.3, 0.4) is 0 Å². The number of rotatable bonds is 9. The quantitative estimate of drug-likeness (QED) is 0.267. The minimum atomic E-state index is -0.782. The monoisotopic (exact) mass is 592 g/mol. The number of hydrogen-bond acceptors (Lipinski definition) is 6. The maximum absolute atomic E-state index is 13.8. The molecule has 1 aliphatic rings. The van der Waals surface area contributed by atoms with Crippen molar-refractivity contribution in [3.8, 4) is 17.6 Å². The molecule has 3 aromatic rings. The van der Waals surface area contributed by atoms with Gasteiger partial charge in [-0.15, -0.1) is 0 Å². The summed E-state index contributed by atoms with van der Waals surface area (Å²) in [5.41, 5.74) is 1.60. The highest BCUT2D eigenvalue weighted by atomic mass is 79.9. The summed E-state index contributed by atoms with van der Waals surface area (Å²) in [5.74, 6) is -1.30. The van der Waals surface area contributed by atoms with Gasteiger partial charge in [0.25, 0.3) is 5.91 Å². The maximum atomic E-state index is 13.8. The molecular weight excluding hydrogens is 571 g/mol. The van der Waals surface area contributed by atoms with Gasteiger partial charge in [0.1, 0.15) is 24.7 Å². The highest BCUT2D eigenvalue weighted by Crippen LogP contribution is 2.38. The minimum Gasteiger partial charge on any atom is -0.490 e. The van der Waals surface area contributed by atoms with Gasteiger partial charge in [-0.25, -0.2) is 14.1 Å². The molecule has 11 heteroatoms. The highest BCUT2D eigenvalue weighted by molar-refractivity contribution is 9.10. The van der Waals surface area contributed by atoms with Crippen molar-refractivity contribution in [2.45, 2.75) is 13.5 Å². The van der Waals surface area contributed by atoms with Crippen LogP contribution in [0, 0.1) is 17.1 Å². The van der Waals surface area contributed by atoms with E-state index < -0.39 is 30.2 Å². The lowest BCUT2D eigenvalue weighted by Gasteiger charge is -2.15. The lowest BCUT2D eigenvalue weighted by molar-refractivity contribution is -0.127. The molecule has 4 amide bonds. The van der Waals surface area contributed by atoms with E-state index in [0.717, 1.165) is 4.90 Å². The van der Waals surface area contributed by atoms with E-state index in [1.54, 1.807) is 43.3 Å². The zero-order valence-electron chi connectivity index (χ0n) is 20.7. The number of benzene rings is 3. The summed E-state index contributed by atoms with van der Waals surface area (Å²) < 4.78 is 26.1. The Balaban J connectivity index is 1.51. The first-order chi connectivity index (χ1) is 18.8. The molecule has 0 unspecified atom stereocenters. The first kappa shape index (κ1) is 27.3. The number of ether oxygens (including phenoxy) is 2. The lowest BCUT2D eigenvalue weighted by Crippen LogP contribution is -2.38. The Bertz CT molecular complexity index is 1520. The third kappa shape index (κ3) is 6.42. The van der Waals surface area contributed by atoms with E-state index in [2.05, 4.69) is 32.6 Å². The number of urea groups is 1. The average Bonchev–Trinajstić information content (AvgIpc) is 3.17. The fourth-order valence-corrected chi connectivity index (χ4v) is 4.33. The second-order valence-electron chi connectivity index (χ2n) is 8.23. The number of halogens is 2. The van der Waals surface area contributed by atoms with Crippen LogP contribution in [-0.2, 0) is 16.2 Å². The average molecular weight is 593 g/mol. The number of amides is 4. The van der Waals surface area contributed by atoms with Crippen LogP contribution in [0.4, 0.5) is 14.9 Å². The molecule has 0 atom stereocenters. The van der Waals surface area contributed by atoms with Crippen LogP contribution < -0.4 is 20.1 Å². The maximum Gasteiger partial charge on any atom is 0.329 e. The Morgan fingerprint density at radius 1 is 1.15 bits per heavy atom. The standard InChI is InChI=1S/C28H22BrFN4O5/c1-2-38-24-13-17(11-20(29)26(24)39-16-19-8-4-3-7-18(19)14-31)12-23-27(36)34(28(37)33-23)15-25(35)32-22-10-6-5-9-21(22)30/h3-13H,2,15-16H2,1H3,(H,32,35)(H,33,37)/b23-12+. The molecule has 0 spiro atoms. The molecule has 1 heterocycles. The van der Waals surface area contributed by atoms with Crippen LogP contribution in [0.15, 0.2) is 70.8 Å². The summed E-state index contributed by atoms with van der Waals surface area (Å²) in [4.78, 5) is 38.4. The molecule has 1 saturated heterocycles. The fraction of sp³-hybridized carbons (Fsp3) is 0.143. The van der Waals surface area contributed by atoms with Gasteiger partial charge in [-0.1, -0.05) is 30.3 Å². The van der Waals surface area contributed by atoms with Gasteiger partial charge in [-0.2, -0.15) is 5.26 Å². The number of anilines is 1. The van der Waals surface area contributed by atoms with Crippen LogP contribution >= 0.6 is 15.9 Å². The number of carbonyl (C=O) groups is 3. The Hall–Kier alpha value is -4.69. The fourth-order valence-electron chi connectivity index (χ4n) is 3.76. The third-order valence-corrected chi connectivity index (χ3v) is 6.15. The summed E-state index contributed by atoms with van der Waals surface area (Å²) in [6, 6.07) is 17.3. The molecule has 39 heavy (non-hydrogen) atoms. The SMILES string of the molecule is CCOc1cc(/C=C2/NC(=O)N(CC(=O)Nc3ccccc3F)C2=O)cc(Br)c1OCc1ccccc1C#N. The van der Waals surface area contributed by atoms with E-state index in [1.165, 1.54) is 24.3 Å². The molecule has 3 aromatic carbocycles. The van der Waals surface area contributed by atoms with Gasteiger partial charge < -0.3 is 20.1 Å². The van der Waals surface area contributed by atoms with Crippen molar-refractivity contribution < 1.29 is 28.2 Å². The third-order valence-electron chi connectivity index (χ3n) is 5.56. The number of hydrogen-bond donors (Lipinski definition) is 2. The molecule has 2 N–H and O–H groups in total. The van der Waals surface area contributed by atoms with Gasteiger partial charge in [-0.3, -0.25) is 9.59 Å². The molecule has 4 rings (SSSR count). The Morgan fingerprint density at radius 3 is 2.64 bits per heavy atom. The van der Waals surface area contributed by atoms with Gasteiger partial charge >= 0.3 is 6.03 Å². The van der Waals surface area contributed by atoms with Crippen molar-refractivity contribution in [1.29, 1.82) is 5.26 Å². The Labute approximate surface area is 231 Å². The minimum absolute atomic E-state index is 0.0512. The van der Waals surface area contributed by atoms with Gasteiger partial charge in [0, 0.05) is 5.56 Å². The number of nitrogens with zero attached hydrogens (tertiary/aromatic N) is 2. The van der Waals surface area contributed by atoms with Gasteiger partial charge in [0.15, 0.2) is 11.5 Å². The summed E-state index contributed by atoms with van der Waals surface area (Å²) in [6.45, 7) is 1.67. The topological polar surface area (TPSA) is 121 Å². The second kappa shape index (κ2) is 12.2. The molecular formula is C28H22BrFN4O5. The molecule has 1 aliphatic heterocycles. The number of nitrogens with one attached hydrogen (secondary N) is 2. The van der Waals surface area contributed by atoms with E-state index in [4.69, 9.17) is 9.47 Å². The van der Waals surface area contributed by atoms with E-state index in [-0.39, 0.29) is 18.0 Å². The lowest BCUT2D eigenvalue weighted by atomic mass is 10.1. The van der Waals surface area contributed by atoms with Crippen molar-refractivity contribution in [1.82, 2.24) is 10.2 Å². The highest BCUT2D eigenvalue weighted by Gasteiger charge is 2.35. The van der Waals surface area contributed by atoms with Crippen molar-refractivity contribution in [3.05, 3.63) is 93.3 Å². The van der Waals surface area contributed by atoms with E-state index >= 15 is 0 Å². The summed E-state index contributed by atoms with van der Waals surface area (Å²) >= 11 is 3.47. The van der Waals surface area contributed by atoms with Crippen molar-refractivity contribution >= 4 is 45.5 Å². The molecule has 0 aliphatic carbocycles. The molecule has 0 aromatic heterocycles. The zero-order chi connectivity index (χ0) is 27.9. The smallest absolute Gasteiger partial charge is 0.329 e. The number of carbonyl (C=O) groups excluding carboxylic acids is 3. The van der Waals surface area contributed by atoms with Crippen molar-refractivity contribution in [3.63, 3.8) is 0 Å². The van der Waals surface area contributed by atoms with E-state index in [1.807, 2.05) is 6.07 Å². The van der Waals surface area contributed by atoms with Crippen LogP contribution in [0.25, 0.3) is 6.08 Å². The van der Waals surface area contributed by atoms with Gasteiger partial charge in [-0.05, 0) is 64.8 Å². The Kier molecular flexibility index (Phi) is 8.58. The van der Waals surface area contributed by atoms with Gasteiger partial charge in [0.2, 0.25) is 5.91 Å². The van der Waals surface area contributed by atoms with Crippen molar-refractivity contribution in [2.24, 2.45) is 0 Å². The largest absolute Gasteiger partial charge is 0.490 e. The first-order valence-electron chi connectivity index (χ1n) is 11.8. The first-order valence-corrected chi connectivity index (χ1v) is 12.6. The molecule has 198 valence electrons. The summed E-state index contributed by atoms with van der Waals surface area (Å²) in [7, 11) is 0. The molecule has 0 radical (unpaired) electrons. The summed E-state index contributed by atoms with van der Waals surface area (Å²) in [6.07, 6.45) is 1.44. The van der Waals surface area contributed by atoms with Crippen molar-refractivity contribution in [2.75, 3.05) is 18.5 Å². The molecule has 1 fully saturated rings. The van der Waals surface area contributed by atoms with E-state index in [9.17, 15) is 24.0 Å². The van der Waals surface area contributed by atoms with Crippen LogP contribution in [0.5, 0.6) is 11.5 Å². The molecule has 0 saturated carbocycles. The zero-order valence-corrected chi connectivity index (χ0v) is 22.2. The number of nitriles is 1. The second-order valence-corrected chi connectivity index (χ2v) is 9.08.